The number of fused-ring (bicyclic) bond motifs is 6. The van der Waals surface area contributed by atoms with Crippen molar-refractivity contribution in [2.24, 2.45) is 0 Å². The fraction of sp³-hybridized carbons (Fsp3) is 0.211. The minimum Gasteiger partial charge on any atom is -0.332 e. The fourth-order valence-corrected chi connectivity index (χ4v) is 4.83. The highest BCUT2D eigenvalue weighted by atomic mass is 32.2. The molecule has 1 saturated carbocycles. The Bertz CT molecular complexity index is 1260. The van der Waals surface area contributed by atoms with Crippen LogP contribution in [0, 0.1) is 5.82 Å². The Morgan fingerprint density at radius 1 is 1.15 bits per heavy atom. The number of imidazole rings is 1. The maximum absolute atomic E-state index is 13.8. The summed E-state index contributed by atoms with van der Waals surface area (Å²) in [5, 5.41) is 2.96. The molecule has 130 valence electrons. The summed E-state index contributed by atoms with van der Waals surface area (Å²) in [4.78, 5) is 35.0. The van der Waals surface area contributed by atoms with Gasteiger partial charge in [-0.15, -0.1) is 0 Å². The molecule has 1 aliphatic carbocycles. The number of hydrogen-bond acceptors (Lipinski definition) is 4. The molecule has 1 aliphatic rings. The Hall–Kier alpha value is -2.67. The molecule has 2 aromatic carbocycles. The molecule has 0 bridgehead atoms. The number of pyridine rings is 1. The number of aromatic amines is 2. The molecule has 2 heterocycles. The first kappa shape index (κ1) is 15.6. The van der Waals surface area contributed by atoms with E-state index in [0.29, 0.717) is 38.6 Å². The molecule has 7 heteroatoms. The van der Waals surface area contributed by atoms with Crippen molar-refractivity contribution in [2.45, 2.75) is 29.7 Å². The average Bonchev–Trinajstić information content (AvgIpc) is 3.22. The van der Waals surface area contributed by atoms with Crippen LogP contribution in [0.15, 0.2) is 40.4 Å². The lowest BCUT2D eigenvalue weighted by molar-refractivity contribution is -0.116. The highest BCUT2D eigenvalue weighted by Crippen LogP contribution is 2.36. The second-order valence-corrected chi connectivity index (χ2v) is 7.71. The number of nitrogens with one attached hydrogen (secondary N) is 2. The van der Waals surface area contributed by atoms with Gasteiger partial charge in [0.05, 0.1) is 21.7 Å². The molecule has 2 aromatic heterocycles. The summed E-state index contributed by atoms with van der Waals surface area (Å²) in [6.45, 7) is 0. The molecule has 5 nitrogen and oxygen atoms in total. The smallest absolute Gasteiger partial charge is 0.256 e. The predicted molar refractivity (Wildman–Crippen MR) is 100 cm³/mol. The maximum Gasteiger partial charge on any atom is 0.256 e. The van der Waals surface area contributed by atoms with Crippen LogP contribution in [0.4, 0.5) is 4.39 Å². The molecule has 2 N–H and O–H groups in total. The Balaban J connectivity index is 1.83. The molecule has 0 radical (unpaired) electrons. The van der Waals surface area contributed by atoms with Crippen LogP contribution in [-0.2, 0) is 4.79 Å². The molecular formula is C19H14FN3O2S. The summed E-state index contributed by atoms with van der Waals surface area (Å²) in [7, 11) is 0. The van der Waals surface area contributed by atoms with Gasteiger partial charge in [0.2, 0.25) is 0 Å². The first-order chi connectivity index (χ1) is 12.6. The van der Waals surface area contributed by atoms with E-state index in [2.05, 4.69) is 15.0 Å². The molecule has 0 aliphatic heterocycles. The van der Waals surface area contributed by atoms with Crippen LogP contribution in [0.3, 0.4) is 0 Å². The van der Waals surface area contributed by atoms with E-state index >= 15 is 0 Å². The number of nitrogens with zero attached hydrogens (tertiary/aromatic N) is 1. The van der Waals surface area contributed by atoms with E-state index in [1.54, 1.807) is 18.3 Å². The Morgan fingerprint density at radius 3 is 2.85 bits per heavy atom. The van der Waals surface area contributed by atoms with Crippen molar-refractivity contribution in [3.05, 3.63) is 46.6 Å². The van der Waals surface area contributed by atoms with Gasteiger partial charge in [-0.2, -0.15) is 0 Å². The third-order valence-electron chi connectivity index (χ3n) is 4.92. The van der Waals surface area contributed by atoms with Crippen LogP contribution in [0.5, 0.6) is 0 Å². The van der Waals surface area contributed by atoms with Crippen molar-refractivity contribution in [1.82, 2.24) is 15.0 Å². The second-order valence-electron chi connectivity index (χ2n) is 6.52. The van der Waals surface area contributed by atoms with E-state index in [1.807, 2.05) is 0 Å². The largest absolute Gasteiger partial charge is 0.332 e. The van der Waals surface area contributed by atoms with Gasteiger partial charge in [-0.1, -0.05) is 11.8 Å². The third-order valence-corrected chi connectivity index (χ3v) is 6.12. The van der Waals surface area contributed by atoms with Gasteiger partial charge in [-0.05, 0) is 37.1 Å². The van der Waals surface area contributed by atoms with Crippen LogP contribution in [0.25, 0.3) is 32.6 Å². The molecule has 1 unspecified atom stereocenters. The van der Waals surface area contributed by atoms with E-state index in [4.69, 9.17) is 0 Å². The summed E-state index contributed by atoms with van der Waals surface area (Å²) in [5.74, 6) is -0.147. The number of halogens is 1. The second kappa shape index (κ2) is 5.67. The number of carbonyl (C=O) groups excluding carboxylic acids is 1. The van der Waals surface area contributed by atoms with Crippen LogP contribution >= 0.6 is 11.8 Å². The molecular weight excluding hydrogens is 353 g/mol. The molecule has 0 spiro atoms. The van der Waals surface area contributed by atoms with Crippen LogP contribution in [-0.4, -0.2) is 26.0 Å². The number of ketones is 1. The number of rotatable bonds is 2. The van der Waals surface area contributed by atoms with Crippen molar-refractivity contribution < 1.29 is 9.18 Å². The summed E-state index contributed by atoms with van der Waals surface area (Å²) in [5.41, 5.74) is 1.15. The maximum atomic E-state index is 13.8. The number of benzene rings is 2. The summed E-state index contributed by atoms with van der Waals surface area (Å²) >= 11 is 1.43. The highest BCUT2D eigenvalue weighted by Gasteiger charge is 2.27. The van der Waals surface area contributed by atoms with Gasteiger partial charge in [0, 0.05) is 28.8 Å². The van der Waals surface area contributed by atoms with Crippen molar-refractivity contribution >= 4 is 50.1 Å². The van der Waals surface area contributed by atoms with Crippen LogP contribution < -0.4 is 5.56 Å². The SMILES string of the molecule is O=C1CCCC1Sc1nc2c3ccc(F)cc3c3c(=O)[nH]ccc3c2[nH]1. The Morgan fingerprint density at radius 2 is 2.04 bits per heavy atom. The number of H-pyrrole nitrogens is 2. The number of thioether (sulfide) groups is 1. The standard InChI is InChI=1S/C19H14FN3O2S/c20-9-4-5-10-12(8-9)15-11(6-7-21-18(15)25)17-16(10)22-19(23-17)26-14-3-1-2-13(14)24/h4-8,14H,1-3H2,(H,21,25)(H,22,23). The zero-order valence-electron chi connectivity index (χ0n) is 13.6. The number of hydrogen-bond donors (Lipinski definition) is 2. The van der Waals surface area contributed by atoms with Gasteiger partial charge >= 0.3 is 0 Å². The highest BCUT2D eigenvalue weighted by molar-refractivity contribution is 8.00. The van der Waals surface area contributed by atoms with Gasteiger partial charge in [0.25, 0.3) is 5.56 Å². The predicted octanol–water partition coefficient (Wildman–Crippen LogP) is 3.91. The monoisotopic (exact) mass is 367 g/mol. The number of Topliss-reactive ketones (excluding diaryl/α,β-unsaturated/α-hetero) is 1. The quantitative estimate of drug-likeness (QED) is 0.527. The average molecular weight is 367 g/mol. The van der Waals surface area contributed by atoms with E-state index in [9.17, 15) is 14.0 Å². The fourth-order valence-electron chi connectivity index (χ4n) is 3.72. The molecule has 0 amide bonds. The van der Waals surface area contributed by atoms with E-state index in [1.165, 1.54) is 23.9 Å². The molecule has 1 atom stereocenters. The summed E-state index contributed by atoms with van der Waals surface area (Å²) < 4.78 is 13.8. The molecule has 26 heavy (non-hydrogen) atoms. The third kappa shape index (κ3) is 2.27. The summed E-state index contributed by atoms with van der Waals surface area (Å²) in [6, 6.07) is 6.17. The first-order valence-corrected chi connectivity index (χ1v) is 9.31. The Kier molecular flexibility index (Phi) is 3.40. The topological polar surface area (TPSA) is 78.6 Å². The zero-order chi connectivity index (χ0) is 17.8. The number of aromatic nitrogens is 3. The minimum absolute atomic E-state index is 0.0751. The zero-order valence-corrected chi connectivity index (χ0v) is 14.5. The van der Waals surface area contributed by atoms with Gasteiger partial charge in [-0.25, -0.2) is 9.37 Å². The lowest BCUT2D eigenvalue weighted by Crippen LogP contribution is -2.08. The van der Waals surface area contributed by atoms with E-state index in [0.717, 1.165) is 18.4 Å². The molecule has 1 fully saturated rings. The van der Waals surface area contributed by atoms with Crippen molar-refractivity contribution in [1.29, 1.82) is 0 Å². The molecule has 4 aromatic rings. The Labute approximate surface area is 151 Å². The lowest BCUT2D eigenvalue weighted by atomic mass is 10.0. The first-order valence-electron chi connectivity index (χ1n) is 8.43. The van der Waals surface area contributed by atoms with Gasteiger partial charge in [-0.3, -0.25) is 9.59 Å². The summed E-state index contributed by atoms with van der Waals surface area (Å²) in [6.07, 6.45) is 3.96. The van der Waals surface area contributed by atoms with Crippen molar-refractivity contribution in [2.75, 3.05) is 0 Å². The van der Waals surface area contributed by atoms with Crippen molar-refractivity contribution in [3.8, 4) is 0 Å². The van der Waals surface area contributed by atoms with Gasteiger partial charge in [0.15, 0.2) is 5.16 Å². The van der Waals surface area contributed by atoms with Crippen LogP contribution in [0.1, 0.15) is 19.3 Å². The van der Waals surface area contributed by atoms with Gasteiger partial charge < -0.3 is 9.97 Å². The normalized spacial score (nSPS) is 17.7. The van der Waals surface area contributed by atoms with Gasteiger partial charge in [0.1, 0.15) is 11.6 Å². The van der Waals surface area contributed by atoms with Crippen molar-refractivity contribution in [3.63, 3.8) is 0 Å². The molecule has 0 saturated heterocycles. The minimum atomic E-state index is -0.400. The molecule has 5 rings (SSSR count). The number of carbonyl (C=O) groups is 1. The lowest BCUT2D eigenvalue weighted by Gasteiger charge is -2.05. The van der Waals surface area contributed by atoms with Crippen LogP contribution in [0.2, 0.25) is 0 Å². The van der Waals surface area contributed by atoms with E-state index < -0.39 is 5.82 Å². The van der Waals surface area contributed by atoms with E-state index in [-0.39, 0.29) is 16.6 Å².